The minimum Gasteiger partial charge on any atom is -0.328 e. The average molecular weight is 269 g/mol. The Morgan fingerprint density at radius 3 is 2.60 bits per heavy atom. The van der Waals surface area contributed by atoms with Crippen LogP contribution in [0.15, 0.2) is 21.7 Å². The Balaban J connectivity index is 0.00000112. The molecule has 7 heteroatoms. The third-order valence-corrected chi connectivity index (χ3v) is 5.17. The van der Waals surface area contributed by atoms with Gasteiger partial charge in [-0.15, -0.1) is 23.7 Å². The van der Waals surface area contributed by atoms with E-state index < -0.39 is 10.0 Å². The van der Waals surface area contributed by atoms with Gasteiger partial charge < -0.3 is 5.73 Å². The second-order valence-electron chi connectivity index (χ2n) is 3.48. The maximum absolute atomic E-state index is 11.7. The Hall–Kier alpha value is -0.140. The van der Waals surface area contributed by atoms with Crippen molar-refractivity contribution in [3.05, 3.63) is 17.5 Å². The third kappa shape index (κ3) is 2.92. The SMILES string of the molecule is Cl.NC1CC(NS(=O)(=O)c2cccs2)C1. The summed E-state index contributed by atoms with van der Waals surface area (Å²) in [6.07, 6.45) is 1.48. The number of halogens is 1. The zero-order chi connectivity index (χ0) is 10.2. The normalized spacial score (nSPS) is 25.4. The molecular formula is C8H13ClN2O2S2. The number of hydrogen-bond acceptors (Lipinski definition) is 4. The summed E-state index contributed by atoms with van der Waals surface area (Å²) in [6, 6.07) is 3.51. The van der Waals surface area contributed by atoms with E-state index in [2.05, 4.69) is 4.72 Å². The summed E-state index contributed by atoms with van der Waals surface area (Å²) >= 11 is 1.23. The summed E-state index contributed by atoms with van der Waals surface area (Å²) in [7, 11) is -3.29. The van der Waals surface area contributed by atoms with Crippen LogP contribution in [0.3, 0.4) is 0 Å². The fourth-order valence-corrected chi connectivity index (χ4v) is 3.72. The highest BCUT2D eigenvalue weighted by atomic mass is 35.5. The maximum Gasteiger partial charge on any atom is 0.250 e. The second-order valence-corrected chi connectivity index (χ2v) is 6.37. The molecule has 0 spiro atoms. The van der Waals surface area contributed by atoms with Crippen LogP contribution in [0.4, 0.5) is 0 Å². The van der Waals surface area contributed by atoms with Crippen LogP contribution in [-0.4, -0.2) is 20.5 Å². The minimum atomic E-state index is -3.29. The first kappa shape index (κ1) is 12.9. The molecule has 0 atom stereocenters. The van der Waals surface area contributed by atoms with Gasteiger partial charge >= 0.3 is 0 Å². The van der Waals surface area contributed by atoms with Gasteiger partial charge in [0.2, 0.25) is 10.0 Å². The Morgan fingerprint density at radius 1 is 1.47 bits per heavy atom. The molecule has 0 radical (unpaired) electrons. The lowest BCUT2D eigenvalue weighted by Crippen LogP contribution is -2.50. The summed E-state index contributed by atoms with van der Waals surface area (Å²) in [4.78, 5) is 0. The van der Waals surface area contributed by atoms with Crippen LogP contribution in [0.25, 0.3) is 0 Å². The topological polar surface area (TPSA) is 72.2 Å². The summed E-state index contributed by atoms with van der Waals surface area (Å²) in [5.74, 6) is 0. The van der Waals surface area contributed by atoms with Crippen LogP contribution >= 0.6 is 23.7 Å². The second kappa shape index (κ2) is 4.80. The van der Waals surface area contributed by atoms with Gasteiger partial charge in [-0.25, -0.2) is 13.1 Å². The Labute approximate surface area is 99.3 Å². The van der Waals surface area contributed by atoms with Crippen molar-refractivity contribution in [2.24, 2.45) is 5.73 Å². The largest absolute Gasteiger partial charge is 0.328 e. The first-order valence-electron chi connectivity index (χ1n) is 4.39. The van der Waals surface area contributed by atoms with Gasteiger partial charge in [-0.05, 0) is 24.3 Å². The lowest BCUT2D eigenvalue weighted by atomic mass is 9.89. The zero-order valence-electron chi connectivity index (χ0n) is 7.92. The lowest BCUT2D eigenvalue weighted by Gasteiger charge is -2.32. The van der Waals surface area contributed by atoms with E-state index in [-0.39, 0.29) is 24.5 Å². The predicted molar refractivity (Wildman–Crippen MR) is 62.9 cm³/mol. The lowest BCUT2D eigenvalue weighted by molar-refractivity contribution is 0.327. The molecule has 15 heavy (non-hydrogen) atoms. The minimum absolute atomic E-state index is 0. The van der Waals surface area contributed by atoms with Crippen LogP contribution in [0.1, 0.15) is 12.8 Å². The molecule has 4 nitrogen and oxygen atoms in total. The molecule has 2 rings (SSSR count). The quantitative estimate of drug-likeness (QED) is 0.857. The van der Waals surface area contributed by atoms with Gasteiger partial charge in [-0.3, -0.25) is 0 Å². The van der Waals surface area contributed by atoms with Gasteiger partial charge in [-0.1, -0.05) is 6.07 Å². The van der Waals surface area contributed by atoms with E-state index in [9.17, 15) is 8.42 Å². The number of sulfonamides is 1. The molecule has 0 saturated heterocycles. The number of hydrogen-bond donors (Lipinski definition) is 2. The van der Waals surface area contributed by atoms with E-state index in [0.717, 1.165) is 12.8 Å². The predicted octanol–water partition coefficient (Wildman–Crippen LogP) is 0.938. The summed E-state index contributed by atoms with van der Waals surface area (Å²) in [5, 5.41) is 1.75. The number of nitrogens with one attached hydrogen (secondary N) is 1. The molecule has 3 N–H and O–H groups in total. The maximum atomic E-state index is 11.7. The molecule has 1 aromatic rings. The van der Waals surface area contributed by atoms with Gasteiger partial charge in [-0.2, -0.15) is 0 Å². The molecular weight excluding hydrogens is 256 g/mol. The molecule has 86 valence electrons. The van der Waals surface area contributed by atoms with Crippen LogP contribution in [-0.2, 0) is 10.0 Å². The molecule has 0 aromatic carbocycles. The molecule has 1 heterocycles. The first-order valence-corrected chi connectivity index (χ1v) is 6.75. The fourth-order valence-electron chi connectivity index (χ4n) is 1.45. The molecule has 1 saturated carbocycles. The molecule has 0 amide bonds. The highest BCUT2D eigenvalue weighted by Crippen LogP contribution is 2.22. The Kier molecular flexibility index (Phi) is 4.13. The van der Waals surface area contributed by atoms with E-state index in [1.807, 2.05) is 0 Å². The molecule has 1 aliphatic rings. The monoisotopic (exact) mass is 268 g/mol. The summed E-state index contributed by atoms with van der Waals surface area (Å²) in [6.45, 7) is 0. The van der Waals surface area contributed by atoms with E-state index in [1.165, 1.54) is 11.3 Å². The van der Waals surface area contributed by atoms with E-state index in [1.54, 1.807) is 17.5 Å². The van der Waals surface area contributed by atoms with Crippen molar-refractivity contribution < 1.29 is 8.42 Å². The standard InChI is InChI=1S/C8H12N2O2S2.ClH/c9-6-4-7(5-6)10-14(11,12)8-2-1-3-13-8;/h1-3,6-7,10H,4-5,9H2;1H. The average Bonchev–Trinajstić information content (AvgIpc) is 2.52. The summed E-state index contributed by atoms with van der Waals surface area (Å²) in [5.41, 5.74) is 5.57. The molecule has 0 bridgehead atoms. The smallest absolute Gasteiger partial charge is 0.250 e. The third-order valence-electron chi connectivity index (χ3n) is 2.26. The number of thiophene rings is 1. The highest BCUT2D eigenvalue weighted by molar-refractivity contribution is 7.91. The zero-order valence-corrected chi connectivity index (χ0v) is 10.4. The van der Waals surface area contributed by atoms with Crippen LogP contribution in [0, 0.1) is 0 Å². The van der Waals surface area contributed by atoms with Crippen LogP contribution in [0.5, 0.6) is 0 Å². The molecule has 1 aliphatic carbocycles. The summed E-state index contributed by atoms with van der Waals surface area (Å²) < 4.78 is 26.3. The highest BCUT2D eigenvalue weighted by Gasteiger charge is 2.30. The van der Waals surface area contributed by atoms with Crippen molar-refractivity contribution in [2.75, 3.05) is 0 Å². The van der Waals surface area contributed by atoms with E-state index in [0.29, 0.717) is 4.21 Å². The van der Waals surface area contributed by atoms with Crippen molar-refractivity contribution >= 4 is 33.8 Å². The van der Waals surface area contributed by atoms with Gasteiger partial charge in [0.25, 0.3) is 0 Å². The molecule has 1 fully saturated rings. The Bertz CT molecular complexity index is 398. The fraction of sp³-hybridized carbons (Fsp3) is 0.500. The van der Waals surface area contributed by atoms with Gasteiger partial charge in [0.05, 0.1) is 0 Å². The van der Waals surface area contributed by atoms with Gasteiger partial charge in [0, 0.05) is 12.1 Å². The van der Waals surface area contributed by atoms with Crippen LogP contribution < -0.4 is 10.5 Å². The molecule has 0 unspecified atom stereocenters. The van der Waals surface area contributed by atoms with Gasteiger partial charge in [0.1, 0.15) is 4.21 Å². The molecule has 0 aliphatic heterocycles. The Morgan fingerprint density at radius 2 is 2.13 bits per heavy atom. The van der Waals surface area contributed by atoms with E-state index >= 15 is 0 Å². The number of rotatable bonds is 3. The van der Waals surface area contributed by atoms with Crippen molar-refractivity contribution in [2.45, 2.75) is 29.1 Å². The van der Waals surface area contributed by atoms with Crippen molar-refractivity contribution in [1.29, 1.82) is 0 Å². The first-order chi connectivity index (χ1) is 6.58. The van der Waals surface area contributed by atoms with Crippen LogP contribution in [0.2, 0.25) is 0 Å². The van der Waals surface area contributed by atoms with Crippen molar-refractivity contribution in [1.82, 2.24) is 4.72 Å². The van der Waals surface area contributed by atoms with Crippen molar-refractivity contribution in [3.63, 3.8) is 0 Å². The van der Waals surface area contributed by atoms with E-state index in [4.69, 9.17) is 5.73 Å². The molecule has 1 aromatic heterocycles. The van der Waals surface area contributed by atoms with Gasteiger partial charge in [0.15, 0.2) is 0 Å². The number of nitrogens with two attached hydrogens (primary N) is 1. The van der Waals surface area contributed by atoms with Crippen molar-refractivity contribution in [3.8, 4) is 0 Å².